The standard InChI is InChI=1S/C18H34N8/c1-5-9-18(19)25-14-13(16(26-18)21-11-7-3)23-17(22-12-8-4)24-15(14)20-10-6-2/h25H,5-12,19H2,1-4H3,(H,21,26)(H2,20,22,23,24). The molecule has 1 atom stereocenters. The summed E-state index contributed by atoms with van der Waals surface area (Å²) in [5, 5.41) is 13.5. The first-order chi connectivity index (χ1) is 12.6. The Morgan fingerprint density at radius 2 is 1.69 bits per heavy atom. The normalized spacial score (nSPS) is 20.3. The molecule has 146 valence electrons. The molecule has 0 spiro atoms. The average molecular weight is 363 g/mol. The Labute approximate surface area is 156 Å². The van der Waals surface area contributed by atoms with Gasteiger partial charge in [-0.2, -0.15) is 4.98 Å². The number of rotatable bonds is 10. The van der Waals surface area contributed by atoms with Crippen LogP contribution in [0.3, 0.4) is 0 Å². The van der Waals surface area contributed by atoms with Gasteiger partial charge in [-0.05, 0) is 19.3 Å². The third kappa shape index (κ3) is 4.97. The molecule has 8 heteroatoms. The predicted molar refractivity (Wildman–Crippen MR) is 110 cm³/mol. The van der Waals surface area contributed by atoms with Crippen LogP contribution in [0.15, 0.2) is 4.99 Å². The highest BCUT2D eigenvalue weighted by Crippen LogP contribution is 2.31. The lowest BCUT2D eigenvalue weighted by Gasteiger charge is -2.39. The van der Waals surface area contributed by atoms with Crippen LogP contribution in [0.2, 0.25) is 0 Å². The first-order valence-corrected chi connectivity index (χ1v) is 9.86. The summed E-state index contributed by atoms with van der Waals surface area (Å²) < 4.78 is 0. The molecule has 1 aliphatic rings. The van der Waals surface area contributed by atoms with E-state index in [4.69, 9.17) is 15.7 Å². The molecule has 1 aromatic heterocycles. The lowest BCUT2D eigenvalue weighted by Crippen LogP contribution is -2.64. The summed E-state index contributed by atoms with van der Waals surface area (Å²) in [5.74, 6) is 1.36. The molecular formula is C18H34N8. The molecule has 1 aliphatic heterocycles. The van der Waals surface area contributed by atoms with E-state index >= 15 is 0 Å². The van der Waals surface area contributed by atoms with Gasteiger partial charge in [-0.1, -0.05) is 34.1 Å². The van der Waals surface area contributed by atoms with Gasteiger partial charge in [0.05, 0.1) is 0 Å². The topological polar surface area (TPSA) is 112 Å². The molecule has 0 aliphatic carbocycles. The summed E-state index contributed by atoms with van der Waals surface area (Å²) in [7, 11) is 0. The Kier molecular flexibility index (Phi) is 7.44. The van der Waals surface area contributed by atoms with E-state index in [0.29, 0.717) is 5.95 Å². The number of fused-ring (bicyclic) bond motifs is 1. The molecule has 6 N–H and O–H groups in total. The van der Waals surface area contributed by atoms with Crippen LogP contribution in [0.4, 0.5) is 17.5 Å². The Morgan fingerprint density at radius 1 is 0.962 bits per heavy atom. The molecular weight excluding hydrogens is 328 g/mol. The second kappa shape index (κ2) is 9.56. The minimum Gasteiger partial charge on any atom is -0.368 e. The van der Waals surface area contributed by atoms with Crippen LogP contribution in [0, 0.1) is 0 Å². The smallest absolute Gasteiger partial charge is 0.225 e. The van der Waals surface area contributed by atoms with Gasteiger partial charge in [0.1, 0.15) is 11.4 Å². The monoisotopic (exact) mass is 362 g/mol. The second-order valence-corrected chi connectivity index (χ2v) is 6.67. The largest absolute Gasteiger partial charge is 0.368 e. The second-order valence-electron chi connectivity index (χ2n) is 6.67. The predicted octanol–water partition coefficient (Wildman–Crippen LogP) is 2.70. The molecule has 0 radical (unpaired) electrons. The van der Waals surface area contributed by atoms with Crippen LogP contribution in [0.5, 0.6) is 0 Å². The maximum Gasteiger partial charge on any atom is 0.225 e. The molecule has 8 nitrogen and oxygen atoms in total. The van der Waals surface area contributed by atoms with Crippen LogP contribution < -0.4 is 27.0 Å². The van der Waals surface area contributed by atoms with Crippen molar-refractivity contribution in [2.24, 2.45) is 10.7 Å². The van der Waals surface area contributed by atoms with Gasteiger partial charge >= 0.3 is 0 Å². The van der Waals surface area contributed by atoms with Crippen LogP contribution in [0.25, 0.3) is 0 Å². The number of hydrogen-bond donors (Lipinski definition) is 5. The molecule has 1 unspecified atom stereocenters. The third-order valence-corrected chi connectivity index (χ3v) is 4.04. The first-order valence-electron chi connectivity index (χ1n) is 9.86. The lowest BCUT2D eigenvalue weighted by molar-refractivity contribution is 0.405. The van der Waals surface area contributed by atoms with Gasteiger partial charge in [0.15, 0.2) is 17.4 Å². The fourth-order valence-electron chi connectivity index (χ4n) is 2.82. The molecule has 1 aromatic rings. The van der Waals surface area contributed by atoms with Crippen molar-refractivity contribution < 1.29 is 0 Å². The van der Waals surface area contributed by atoms with Gasteiger partial charge in [0.2, 0.25) is 5.95 Å². The van der Waals surface area contributed by atoms with Gasteiger partial charge in [0.25, 0.3) is 0 Å². The highest BCUT2D eigenvalue weighted by molar-refractivity contribution is 6.06. The van der Waals surface area contributed by atoms with Crippen molar-refractivity contribution >= 4 is 23.3 Å². The Bertz CT molecular complexity index is 615. The zero-order valence-electron chi connectivity index (χ0n) is 16.6. The summed E-state index contributed by atoms with van der Waals surface area (Å²) >= 11 is 0. The average Bonchev–Trinajstić information content (AvgIpc) is 2.62. The van der Waals surface area contributed by atoms with Crippen molar-refractivity contribution in [1.82, 2.24) is 15.3 Å². The number of aromatic nitrogens is 2. The Morgan fingerprint density at radius 3 is 2.35 bits per heavy atom. The van der Waals surface area contributed by atoms with Gasteiger partial charge in [0, 0.05) is 26.1 Å². The van der Waals surface area contributed by atoms with Gasteiger partial charge in [-0.3, -0.25) is 10.7 Å². The van der Waals surface area contributed by atoms with E-state index < -0.39 is 5.79 Å². The number of hydrogen-bond acceptors (Lipinski definition) is 7. The maximum atomic E-state index is 6.56. The van der Waals surface area contributed by atoms with Gasteiger partial charge in [-0.25, -0.2) is 4.98 Å². The van der Waals surface area contributed by atoms with Crippen molar-refractivity contribution in [3.05, 3.63) is 5.69 Å². The molecule has 0 aromatic carbocycles. The molecule has 2 heterocycles. The molecule has 0 fully saturated rings. The van der Waals surface area contributed by atoms with E-state index in [2.05, 4.69) is 53.9 Å². The van der Waals surface area contributed by atoms with Crippen molar-refractivity contribution in [3.8, 4) is 0 Å². The summed E-state index contributed by atoms with van der Waals surface area (Å²) in [6, 6.07) is 0. The molecule has 0 saturated heterocycles. The highest BCUT2D eigenvalue weighted by atomic mass is 15.4. The van der Waals surface area contributed by atoms with E-state index in [1.165, 1.54) is 0 Å². The molecule has 26 heavy (non-hydrogen) atoms. The van der Waals surface area contributed by atoms with E-state index in [-0.39, 0.29) is 0 Å². The van der Waals surface area contributed by atoms with Crippen LogP contribution in [-0.4, -0.2) is 41.2 Å². The van der Waals surface area contributed by atoms with Crippen LogP contribution in [0.1, 0.15) is 65.5 Å². The van der Waals surface area contributed by atoms with E-state index in [1.54, 1.807) is 0 Å². The van der Waals surface area contributed by atoms with E-state index in [0.717, 1.165) is 74.8 Å². The van der Waals surface area contributed by atoms with Crippen molar-refractivity contribution in [2.75, 3.05) is 35.6 Å². The molecule has 0 saturated carbocycles. The minimum absolute atomic E-state index is 0.608. The van der Waals surface area contributed by atoms with Crippen LogP contribution >= 0.6 is 0 Å². The van der Waals surface area contributed by atoms with Gasteiger partial charge < -0.3 is 21.3 Å². The SMILES string of the molecule is CCCN=C1NC(N)(CCC)Nc2c(NCCC)nc(NCCC)nc21. The molecule has 2 rings (SSSR count). The molecule has 0 amide bonds. The fourth-order valence-corrected chi connectivity index (χ4v) is 2.82. The Balaban J connectivity index is 2.50. The Hall–Kier alpha value is -2.09. The lowest BCUT2D eigenvalue weighted by atomic mass is 10.1. The summed E-state index contributed by atoms with van der Waals surface area (Å²) in [6.07, 6.45) is 4.69. The molecule has 0 bridgehead atoms. The summed E-state index contributed by atoms with van der Waals surface area (Å²) in [5.41, 5.74) is 8.15. The first kappa shape index (κ1) is 20.2. The highest BCUT2D eigenvalue weighted by Gasteiger charge is 2.35. The summed E-state index contributed by atoms with van der Waals surface area (Å²) in [6.45, 7) is 10.8. The number of anilines is 3. The number of nitrogens with zero attached hydrogens (tertiary/aromatic N) is 3. The quantitative estimate of drug-likeness (QED) is 0.435. The summed E-state index contributed by atoms with van der Waals surface area (Å²) in [4.78, 5) is 14.1. The maximum absolute atomic E-state index is 6.56. The van der Waals surface area contributed by atoms with Crippen LogP contribution in [-0.2, 0) is 0 Å². The fraction of sp³-hybridized carbons (Fsp3) is 0.722. The minimum atomic E-state index is -0.751. The number of nitrogens with two attached hydrogens (primary N) is 1. The van der Waals surface area contributed by atoms with Crippen molar-refractivity contribution in [3.63, 3.8) is 0 Å². The number of aliphatic imine (C=N–C) groups is 1. The zero-order valence-corrected chi connectivity index (χ0v) is 16.6. The number of amidine groups is 1. The van der Waals surface area contributed by atoms with E-state index in [1.807, 2.05) is 0 Å². The van der Waals surface area contributed by atoms with Crippen molar-refractivity contribution in [2.45, 2.75) is 65.6 Å². The number of nitrogens with one attached hydrogen (secondary N) is 4. The van der Waals surface area contributed by atoms with Gasteiger partial charge in [-0.15, -0.1) is 0 Å². The van der Waals surface area contributed by atoms with Crippen molar-refractivity contribution in [1.29, 1.82) is 0 Å². The zero-order chi connectivity index (χ0) is 19.0. The third-order valence-electron chi connectivity index (χ3n) is 4.04. The van der Waals surface area contributed by atoms with E-state index in [9.17, 15) is 0 Å².